The lowest BCUT2D eigenvalue weighted by Gasteiger charge is -2.05. The summed E-state index contributed by atoms with van der Waals surface area (Å²) in [7, 11) is -3.01. The first-order chi connectivity index (χ1) is 7.84. The Hall–Kier alpha value is -1.80. The molecule has 0 aliphatic carbocycles. The Bertz CT molecular complexity index is 566. The normalized spacial score (nSPS) is 11.7. The number of carbonyl (C=O) groups is 1. The van der Waals surface area contributed by atoms with Crippen LogP contribution in [0.4, 0.5) is 11.4 Å². The molecule has 1 rings (SSSR count). The topological polar surface area (TPSA) is 108 Å². The van der Waals surface area contributed by atoms with Crippen LogP contribution in [0.1, 0.15) is 6.92 Å². The molecule has 1 aromatic rings. The van der Waals surface area contributed by atoms with Gasteiger partial charge in [0.2, 0.25) is 5.91 Å². The molecule has 92 valence electrons. The van der Waals surface area contributed by atoms with E-state index in [-0.39, 0.29) is 16.5 Å². The quantitative estimate of drug-likeness (QED) is 0.633. The molecule has 0 radical (unpaired) electrons. The average molecular weight is 257 g/mol. The Morgan fingerprint density at radius 2 is 2.06 bits per heavy atom. The minimum atomic E-state index is -4.37. The lowest BCUT2D eigenvalue weighted by molar-refractivity contribution is -0.114. The van der Waals surface area contributed by atoms with Gasteiger partial charge in [0, 0.05) is 19.7 Å². The minimum absolute atomic E-state index is 0.0405. The van der Waals surface area contributed by atoms with Gasteiger partial charge in [-0.2, -0.15) is 18.6 Å². The molecule has 7 nitrogen and oxygen atoms in total. The van der Waals surface area contributed by atoms with Crippen molar-refractivity contribution >= 4 is 27.4 Å². The molecule has 0 unspecified atom stereocenters. The predicted octanol–water partition coefficient (Wildman–Crippen LogP) is 1.61. The lowest BCUT2D eigenvalue weighted by atomic mass is 10.3. The number of hydrogen-bond donors (Lipinski definition) is 2. The lowest BCUT2D eigenvalue weighted by Crippen LogP contribution is -2.06. The minimum Gasteiger partial charge on any atom is -0.326 e. The van der Waals surface area contributed by atoms with Gasteiger partial charge in [-0.1, -0.05) is 0 Å². The number of anilines is 1. The summed E-state index contributed by atoms with van der Waals surface area (Å²) >= 11 is 0. The molecule has 0 aliphatic heterocycles. The number of hydrogen-bond acceptors (Lipinski definition) is 5. The van der Waals surface area contributed by atoms with Crippen LogP contribution < -0.4 is 5.32 Å². The molecule has 0 spiro atoms. The summed E-state index contributed by atoms with van der Waals surface area (Å²) in [6.45, 7) is 1.32. The van der Waals surface area contributed by atoms with Gasteiger partial charge in [0.15, 0.2) is 0 Å². The number of benzene rings is 1. The molecule has 1 aromatic carbocycles. The van der Waals surface area contributed by atoms with Crippen molar-refractivity contribution in [3.8, 4) is 0 Å². The maximum atomic E-state index is 11.0. The SMILES string of the molecule is CN=Nc1cc(NC(C)=O)ccc1S(=O)(=O)O. The number of nitrogens with one attached hydrogen (secondary N) is 1. The zero-order valence-electron chi connectivity index (χ0n) is 9.21. The Morgan fingerprint density at radius 1 is 1.41 bits per heavy atom. The van der Waals surface area contributed by atoms with E-state index in [0.717, 1.165) is 6.07 Å². The maximum Gasteiger partial charge on any atom is 0.296 e. The Kier molecular flexibility index (Phi) is 3.92. The first kappa shape index (κ1) is 13.3. The fraction of sp³-hybridized carbons (Fsp3) is 0.222. The number of amides is 1. The Morgan fingerprint density at radius 3 is 2.53 bits per heavy atom. The summed E-state index contributed by atoms with van der Waals surface area (Å²) < 4.78 is 31.0. The van der Waals surface area contributed by atoms with E-state index in [1.165, 1.54) is 26.1 Å². The standard InChI is InChI=1S/C9H11N3O4S/c1-6(13)11-7-3-4-9(17(14,15)16)8(5-7)12-10-2/h3-5H,1-2H3,(H,11,13)(H,14,15,16). The fourth-order valence-electron chi connectivity index (χ4n) is 1.20. The number of nitrogens with zero attached hydrogens (tertiary/aromatic N) is 2. The summed E-state index contributed by atoms with van der Waals surface area (Å²) in [5.41, 5.74) is 0.327. The zero-order chi connectivity index (χ0) is 13.1. The second-order valence-corrected chi connectivity index (χ2v) is 4.53. The monoisotopic (exact) mass is 257 g/mol. The van der Waals surface area contributed by atoms with E-state index >= 15 is 0 Å². The van der Waals surface area contributed by atoms with Crippen LogP contribution in [-0.4, -0.2) is 25.9 Å². The highest BCUT2D eigenvalue weighted by Crippen LogP contribution is 2.27. The van der Waals surface area contributed by atoms with E-state index in [1.54, 1.807) is 0 Å². The molecule has 0 aromatic heterocycles. The number of rotatable bonds is 3. The van der Waals surface area contributed by atoms with Crippen LogP contribution in [0.2, 0.25) is 0 Å². The van der Waals surface area contributed by atoms with Gasteiger partial charge in [-0.3, -0.25) is 9.35 Å². The van der Waals surface area contributed by atoms with E-state index in [2.05, 4.69) is 15.5 Å². The van der Waals surface area contributed by atoms with Gasteiger partial charge in [0.05, 0.1) is 0 Å². The van der Waals surface area contributed by atoms with Crippen LogP contribution in [0.25, 0.3) is 0 Å². The summed E-state index contributed by atoms with van der Waals surface area (Å²) in [6, 6.07) is 3.79. The van der Waals surface area contributed by atoms with Crippen LogP contribution >= 0.6 is 0 Å². The van der Waals surface area contributed by atoms with Crippen molar-refractivity contribution in [3.05, 3.63) is 18.2 Å². The van der Waals surface area contributed by atoms with Crippen LogP contribution in [0.5, 0.6) is 0 Å². The van der Waals surface area contributed by atoms with Gasteiger partial charge in [0.25, 0.3) is 10.1 Å². The van der Waals surface area contributed by atoms with E-state index in [9.17, 15) is 13.2 Å². The van der Waals surface area contributed by atoms with E-state index in [4.69, 9.17) is 4.55 Å². The van der Waals surface area contributed by atoms with Crippen molar-refractivity contribution in [1.82, 2.24) is 0 Å². The third-order valence-corrected chi connectivity index (χ3v) is 2.67. The van der Waals surface area contributed by atoms with Crippen molar-refractivity contribution in [2.45, 2.75) is 11.8 Å². The fourth-order valence-corrected chi connectivity index (χ4v) is 1.81. The molecule has 0 fully saturated rings. The molecule has 0 bridgehead atoms. The first-order valence-electron chi connectivity index (χ1n) is 4.53. The van der Waals surface area contributed by atoms with E-state index in [0.29, 0.717) is 5.69 Å². The number of carbonyl (C=O) groups excluding carboxylic acids is 1. The molecule has 0 heterocycles. The summed E-state index contributed by atoms with van der Waals surface area (Å²) in [5.74, 6) is -0.302. The Balaban J connectivity index is 3.32. The molecular weight excluding hydrogens is 246 g/mol. The van der Waals surface area contributed by atoms with Gasteiger partial charge >= 0.3 is 0 Å². The van der Waals surface area contributed by atoms with E-state index in [1.807, 2.05) is 0 Å². The van der Waals surface area contributed by atoms with Gasteiger partial charge in [0.1, 0.15) is 10.6 Å². The molecule has 0 saturated carbocycles. The van der Waals surface area contributed by atoms with Gasteiger partial charge in [-0.05, 0) is 18.2 Å². The highest BCUT2D eigenvalue weighted by atomic mass is 32.2. The third kappa shape index (κ3) is 3.61. The second-order valence-electron chi connectivity index (χ2n) is 3.14. The van der Waals surface area contributed by atoms with E-state index < -0.39 is 10.1 Å². The largest absolute Gasteiger partial charge is 0.326 e. The van der Waals surface area contributed by atoms with Gasteiger partial charge in [-0.25, -0.2) is 0 Å². The average Bonchev–Trinajstić information content (AvgIpc) is 2.15. The molecule has 1 amide bonds. The van der Waals surface area contributed by atoms with Crippen LogP contribution in [-0.2, 0) is 14.9 Å². The Labute approximate surface area is 98.3 Å². The van der Waals surface area contributed by atoms with Crippen molar-refractivity contribution in [1.29, 1.82) is 0 Å². The van der Waals surface area contributed by atoms with Crippen LogP contribution in [0.3, 0.4) is 0 Å². The van der Waals surface area contributed by atoms with Crippen molar-refractivity contribution in [3.63, 3.8) is 0 Å². The summed E-state index contributed by atoms with van der Waals surface area (Å²) in [6.07, 6.45) is 0. The molecule has 0 saturated heterocycles. The molecule has 0 atom stereocenters. The predicted molar refractivity (Wildman–Crippen MR) is 61.0 cm³/mol. The molecule has 8 heteroatoms. The first-order valence-corrected chi connectivity index (χ1v) is 5.97. The second kappa shape index (κ2) is 5.02. The van der Waals surface area contributed by atoms with Gasteiger partial charge in [-0.15, -0.1) is 0 Å². The highest BCUT2D eigenvalue weighted by Gasteiger charge is 2.16. The van der Waals surface area contributed by atoms with Crippen LogP contribution in [0.15, 0.2) is 33.3 Å². The molecule has 0 aliphatic rings. The summed E-state index contributed by atoms with van der Waals surface area (Å²) in [4.78, 5) is 10.5. The van der Waals surface area contributed by atoms with Crippen molar-refractivity contribution in [2.24, 2.45) is 10.2 Å². The molecule has 2 N–H and O–H groups in total. The van der Waals surface area contributed by atoms with Crippen molar-refractivity contribution in [2.75, 3.05) is 12.4 Å². The van der Waals surface area contributed by atoms with Crippen molar-refractivity contribution < 1.29 is 17.8 Å². The summed E-state index contributed by atoms with van der Waals surface area (Å²) in [5, 5.41) is 9.48. The number of azo groups is 1. The highest BCUT2D eigenvalue weighted by molar-refractivity contribution is 7.86. The zero-order valence-corrected chi connectivity index (χ0v) is 10.0. The van der Waals surface area contributed by atoms with Crippen LogP contribution in [0, 0.1) is 0 Å². The molecule has 17 heavy (non-hydrogen) atoms. The smallest absolute Gasteiger partial charge is 0.296 e. The third-order valence-electron chi connectivity index (χ3n) is 1.76. The maximum absolute atomic E-state index is 11.0. The van der Waals surface area contributed by atoms with Gasteiger partial charge < -0.3 is 5.32 Å². The molecular formula is C9H11N3O4S.